The van der Waals surface area contributed by atoms with E-state index in [1.54, 1.807) is 0 Å². The molecule has 0 bridgehead atoms. The average Bonchev–Trinajstić information content (AvgIpc) is 2.20. The lowest BCUT2D eigenvalue weighted by molar-refractivity contribution is -0.118. The molecule has 1 rings (SSSR count). The average molecular weight is 189 g/mol. The van der Waals surface area contributed by atoms with E-state index in [9.17, 15) is 4.79 Å². The van der Waals surface area contributed by atoms with Crippen LogP contribution in [0.25, 0.3) is 6.08 Å². The molecule has 0 saturated carbocycles. The molecule has 0 atom stereocenters. The molecule has 1 aromatic carbocycles. The standard InChI is InChI=1S/C8H8.C4H7NO/c1-2-8-6-4-3-5-7-8;1-3-5-4(2)6/h2-7H,1H2;3H,1H2,2H3,(H,5,6). The second-order valence-corrected chi connectivity index (χ2v) is 2.52. The van der Waals surface area contributed by atoms with Gasteiger partial charge in [-0.2, -0.15) is 0 Å². The Hall–Kier alpha value is -1.83. The molecule has 2 heteroatoms. The summed E-state index contributed by atoms with van der Waals surface area (Å²) in [5.74, 6) is -0.0787. The fraction of sp³-hybridized carbons (Fsp3) is 0.0833. The Balaban J connectivity index is 0.000000255. The second kappa shape index (κ2) is 7.80. The van der Waals surface area contributed by atoms with E-state index in [-0.39, 0.29) is 5.91 Å². The van der Waals surface area contributed by atoms with Gasteiger partial charge in [0.15, 0.2) is 0 Å². The van der Waals surface area contributed by atoms with Crippen molar-refractivity contribution in [1.29, 1.82) is 0 Å². The number of carbonyl (C=O) groups is 1. The molecule has 0 aliphatic heterocycles. The Morgan fingerprint density at radius 3 is 2.07 bits per heavy atom. The molecule has 0 heterocycles. The third kappa shape index (κ3) is 6.85. The molecular formula is C12H15NO. The Kier molecular flexibility index (Phi) is 6.78. The van der Waals surface area contributed by atoms with Crippen LogP contribution in [0.3, 0.4) is 0 Å². The lowest BCUT2D eigenvalue weighted by Crippen LogP contribution is -2.10. The van der Waals surface area contributed by atoms with E-state index >= 15 is 0 Å². The molecular weight excluding hydrogens is 174 g/mol. The highest BCUT2D eigenvalue weighted by Gasteiger charge is 1.76. The predicted molar refractivity (Wildman–Crippen MR) is 60.5 cm³/mol. The molecule has 0 aliphatic rings. The molecule has 74 valence electrons. The largest absolute Gasteiger partial charge is 0.334 e. The first-order chi connectivity index (χ1) is 6.70. The van der Waals surface area contributed by atoms with Crippen molar-refractivity contribution in [3.8, 4) is 0 Å². The Morgan fingerprint density at radius 2 is 1.86 bits per heavy atom. The summed E-state index contributed by atoms with van der Waals surface area (Å²) in [5.41, 5.74) is 1.17. The van der Waals surface area contributed by atoms with Crippen molar-refractivity contribution in [1.82, 2.24) is 5.32 Å². The number of rotatable bonds is 2. The summed E-state index contributed by atoms with van der Waals surface area (Å²) in [6, 6.07) is 10.0. The van der Waals surface area contributed by atoms with Crippen molar-refractivity contribution >= 4 is 12.0 Å². The number of nitrogens with one attached hydrogen (secondary N) is 1. The van der Waals surface area contributed by atoms with Crippen LogP contribution in [0, 0.1) is 0 Å². The van der Waals surface area contributed by atoms with Gasteiger partial charge in [-0.3, -0.25) is 4.79 Å². The molecule has 0 fully saturated rings. The van der Waals surface area contributed by atoms with Crippen molar-refractivity contribution in [3.05, 3.63) is 55.3 Å². The van der Waals surface area contributed by atoms with Crippen LogP contribution in [-0.4, -0.2) is 5.91 Å². The fourth-order valence-corrected chi connectivity index (χ4v) is 0.733. The maximum Gasteiger partial charge on any atom is 0.220 e. The van der Waals surface area contributed by atoms with Crippen LogP contribution in [0.2, 0.25) is 0 Å². The normalized spacial score (nSPS) is 7.79. The second-order valence-electron chi connectivity index (χ2n) is 2.52. The number of benzene rings is 1. The molecule has 0 spiro atoms. The molecule has 0 unspecified atom stereocenters. The first kappa shape index (κ1) is 12.2. The van der Waals surface area contributed by atoms with Gasteiger partial charge >= 0.3 is 0 Å². The minimum absolute atomic E-state index is 0.0787. The zero-order chi connectivity index (χ0) is 10.8. The Labute approximate surface area is 85.0 Å². The minimum atomic E-state index is -0.0787. The molecule has 1 N–H and O–H groups in total. The van der Waals surface area contributed by atoms with Crippen LogP contribution in [0.5, 0.6) is 0 Å². The summed E-state index contributed by atoms with van der Waals surface area (Å²) in [5, 5.41) is 2.33. The van der Waals surface area contributed by atoms with E-state index in [4.69, 9.17) is 0 Å². The molecule has 2 nitrogen and oxygen atoms in total. The predicted octanol–water partition coefficient (Wildman–Crippen LogP) is 2.60. The van der Waals surface area contributed by atoms with E-state index in [1.807, 2.05) is 36.4 Å². The first-order valence-electron chi connectivity index (χ1n) is 4.26. The summed E-state index contributed by atoms with van der Waals surface area (Å²) in [6.45, 7) is 8.33. The highest BCUT2D eigenvalue weighted by atomic mass is 16.1. The minimum Gasteiger partial charge on any atom is -0.334 e. The van der Waals surface area contributed by atoms with Gasteiger partial charge in [-0.25, -0.2) is 0 Å². The molecule has 0 saturated heterocycles. The van der Waals surface area contributed by atoms with E-state index in [0.717, 1.165) is 0 Å². The number of carbonyl (C=O) groups excluding carboxylic acids is 1. The monoisotopic (exact) mass is 189 g/mol. The fourth-order valence-electron chi connectivity index (χ4n) is 0.733. The summed E-state index contributed by atoms with van der Waals surface area (Å²) in [6.07, 6.45) is 3.18. The molecule has 0 aliphatic carbocycles. The third-order valence-electron chi connectivity index (χ3n) is 1.34. The molecule has 14 heavy (non-hydrogen) atoms. The van der Waals surface area contributed by atoms with Crippen LogP contribution in [-0.2, 0) is 4.79 Å². The number of hydrogen-bond acceptors (Lipinski definition) is 1. The van der Waals surface area contributed by atoms with E-state index in [2.05, 4.69) is 18.5 Å². The zero-order valence-corrected chi connectivity index (χ0v) is 8.36. The Bertz CT molecular complexity index is 290. The van der Waals surface area contributed by atoms with Gasteiger partial charge < -0.3 is 5.32 Å². The molecule has 0 aromatic heterocycles. The number of hydrogen-bond donors (Lipinski definition) is 1. The van der Waals surface area contributed by atoms with Crippen molar-refractivity contribution in [2.75, 3.05) is 0 Å². The lowest BCUT2D eigenvalue weighted by Gasteiger charge is -1.85. The van der Waals surface area contributed by atoms with Crippen LogP contribution in [0.15, 0.2) is 49.7 Å². The van der Waals surface area contributed by atoms with Crippen LogP contribution in [0.4, 0.5) is 0 Å². The third-order valence-corrected chi connectivity index (χ3v) is 1.34. The topological polar surface area (TPSA) is 29.1 Å². The SMILES string of the molecule is C=CNC(C)=O.C=Cc1ccccc1. The summed E-state index contributed by atoms with van der Waals surface area (Å²) in [7, 11) is 0. The van der Waals surface area contributed by atoms with Crippen molar-refractivity contribution < 1.29 is 4.79 Å². The van der Waals surface area contributed by atoms with Gasteiger partial charge in [0.2, 0.25) is 5.91 Å². The quantitative estimate of drug-likeness (QED) is 0.761. The van der Waals surface area contributed by atoms with Crippen LogP contribution >= 0.6 is 0 Å². The Morgan fingerprint density at radius 1 is 1.29 bits per heavy atom. The molecule has 0 radical (unpaired) electrons. The summed E-state index contributed by atoms with van der Waals surface area (Å²) >= 11 is 0. The maximum atomic E-state index is 9.86. The van der Waals surface area contributed by atoms with Gasteiger partial charge in [0, 0.05) is 6.92 Å². The molecule has 1 aromatic rings. The van der Waals surface area contributed by atoms with Gasteiger partial charge in [-0.15, -0.1) is 0 Å². The van der Waals surface area contributed by atoms with Gasteiger partial charge in [0.05, 0.1) is 0 Å². The number of amides is 1. The summed E-state index contributed by atoms with van der Waals surface area (Å²) in [4.78, 5) is 9.86. The summed E-state index contributed by atoms with van der Waals surface area (Å²) < 4.78 is 0. The zero-order valence-electron chi connectivity index (χ0n) is 8.36. The first-order valence-corrected chi connectivity index (χ1v) is 4.26. The van der Waals surface area contributed by atoms with Gasteiger partial charge in [0.1, 0.15) is 0 Å². The van der Waals surface area contributed by atoms with E-state index in [0.29, 0.717) is 0 Å². The van der Waals surface area contributed by atoms with Crippen LogP contribution in [0.1, 0.15) is 12.5 Å². The highest BCUT2D eigenvalue weighted by Crippen LogP contribution is 1.97. The van der Waals surface area contributed by atoms with E-state index in [1.165, 1.54) is 18.7 Å². The van der Waals surface area contributed by atoms with Crippen LogP contribution < -0.4 is 5.32 Å². The maximum absolute atomic E-state index is 9.86. The van der Waals surface area contributed by atoms with Gasteiger partial charge in [0.25, 0.3) is 0 Å². The van der Waals surface area contributed by atoms with Gasteiger partial charge in [-0.05, 0) is 11.8 Å². The lowest BCUT2D eigenvalue weighted by atomic mass is 10.2. The van der Waals surface area contributed by atoms with Gasteiger partial charge in [-0.1, -0.05) is 49.6 Å². The van der Waals surface area contributed by atoms with Crippen molar-refractivity contribution in [3.63, 3.8) is 0 Å². The highest BCUT2D eigenvalue weighted by molar-refractivity contribution is 5.73. The van der Waals surface area contributed by atoms with Crippen molar-refractivity contribution in [2.24, 2.45) is 0 Å². The molecule has 1 amide bonds. The smallest absolute Gasteiger partial charge is 0.220 e. The van der Waals surface area contributed by atoms with E-state index < -0.39 is 0 Å². The van der Waals surface area contributed by atoms with Crippen molar-refractivity contribution in [2.45, 2.75) is 6.92 Å².